The molecule has 23 heteroatoms. The summed E-state index contributed by atoms with van der Waals surface area (Å²) in [6.45, 7) is 27.7. The number of carboxylic acid groups (broad SMARTS) is 1. The molecule has 0 bridgehead atoms. The van der Waals surface area contributed by atoms with E-state index in [-0.39, 0.29) is 73.0 Å². The average molecular weight is 1390 g/mol. The van der Waals surface area contributed by atoms with Crippen molar-refractivity contribution in [3.8, 4) is 0 Å². The Bertz CT molecular complexity index is 3520. The van der Waals surface area contributed by atoms with Crippen LogP contribution in [0.1, 0.15) is 129 Å². The van der Waals surface area contributed by atoms with Crippen molar-refractivity contribution in [1.29, 1.82) is 0 Å². The van der Waals surface area contributed by atoms with E-state index in [1.54, 1.807) is 4.90 Å². The molecule has 4 aromatic carbocycles. The van der Waals surface area contributed by atoms with Gasteiger partial charge in [0.25, 0.3) is 11.8 Å². The number of fused-ring (bicyclic) bond motifs is 2. The molecule has 4 aromatic rings. The maximum absolute atomic E-state index is 14.7. The number of amides is 3. The van der Waals surface area contributed by atoms with Gasteiger partial charge in [-0.15, -0.1) is 0 Å². The number of nitrogens with one attached hydrogen (secondary N) is 1. The minimum absolute atomic E-state index is 0.00250. The second-order valence-corrected chi connectivity index (χ2v) is 30.2. The molecule has 4 N–H and O–H groups in total. The van der Waals surface area contributed by atoms with Crippen LogP contribution >= 0.6 is 69.9 Å². The number of piperazine rings is 2. The van der Waals surface area contributed by atoms with Crippen LogP contribution < -0.4 is 5.32 Å². The van der Waals surface area contributed by atoms with Gasteiger partial charge in [0.1, 0.15) is 33.0 Å². The molecule has 93 heavy (non-hydrogen) atoms. The number of thioether (sulfide) groups is 2. The summed E-state index contributed by atoms with van der Waals surface area (Å²) in [5, 5.41) is 35.3. The molecule has 8 heterocycles. The van der Waals surface area contributed by atoms with Crippen molar-refractivity contribution < 1.29 is 34.5 Å². The third-order valence-corrected chi connectivity index (χ3v) is 22.7. The zero-order valence-corrected chi connectivity index (χ0v) is 59.4. The monoisotopic (exact) mass is 1380 g/mol. The standard InChI is InChI=1S/C35H43Cl2N5O3S.C28H29Cl2N3O3S.C7H16N2O/c1-21(2)29-30(33(45)41-22(3)6-15-28(41)32(44)40-17-16-39(18-19-43)23(4)20-40)46-34-38-35(5,25-9-13-27(37)14-10-25)31(42(29)34)24-7-11-26(36)12-8-24;1-15(2)22-23(25(34)32-16(3)5-14-21(32)26(35)36)37-27-31-28(4,18-8-12-20(30)13-9-18)24(33(22)27)17-6-10-19(29)11-7-17;1-7-6-8-2-3-9(7)4-5-10/h7-14,21-23,28,31,43H,6,15-20H2,1-5H3;6-13,15-16,21,24H,5,14H2,1-4H3,(H,35,36);7-8,10H,2-6H2,1H3/t22-,23-,28+,31-,35+;16-,21+,24-,28+;7-/m111/s1. The van der Waals surface area contributed by atoms with Crippen LogP contribution in [0.15, 0.2) is 128 Å². The third kappa shape index (κ3) is 14.3. The van der Waals surface area contributed by atoms with E-state index in [4.69, 9.17) is 61.5 Å². The van der Waals surface area contributed by atoms with Gasteiger partial charge in [0.05, 0.1) is 25.3 Å². The highest BCUT2D eigenvalue weighted by Crippen LogP contribution is 2.59. The number of carbonyl (C=O) groups excluding carboxylic acids is 3. The molecule has 0 aromatic heterocycles. The molecule has 10 atom stereocenters. The van der Waals surface area contributed by atoms with Crippen molar-refractivity contribution in [3.05, 3.63) is 161 Å². The summed E-state index contributed by atoms with van der Waals surface area (Å²) >= 11 is 27.8. The smallest absolute Gasteiger partial charge is 0.326 e. The molecule has 17 nitrogen and oxygen atoms in total. The van der Waals surface area contributed by atoms with Gasteiger partial charge < -0.3 is 45.1 Å². The van der Waals surface area contributed by atoms with Gasteiger partial charge >= 0.3 is 5.97 Å². The molecule has 4 saturated heterocycles. The molecule has 0 spiro atoms. The quantitative estimate of drug-likeness (QED) is 0.0933. The van der Waals surface area contributed by atoms with Crippen LogP contribution in [0.2, 0.25) is 20.1 Å². The molecular weight excluding hydrogens is 1300 g/mol. The minimum atomic E-state index is -0.959. The Morgan fingerprint density at radius 3 is 1.34 bits per heavy atom. The molecule has 8 aliphatic heterocycles. The van der Waals surface area contributed by atoms with Crippen LogP contribution in [0.3, 0.4) is 0 Å². The van der Waals surface area contributed by atoms with Crippen LogP contribution in [-0.2, 0) is 30.3 Å². The van der Waals surface area contributed by atoms with Gasteiger partial charge in [0.15, 0.2) is 10.3 Å². The number of aliphatic hydroxyl groups is 2. The number of carbonyl (C=O) groups is 4. The first kappa shape index (κ1) is 70.6. The van der Waals surface area contributed by atoms with E-state index in [0.717, 1.165) is 83.1 Å². The second-order valence-electron chi connectivity index (χ2n) is 26.5. The molecule has 0 unspecified atom stereocenters. The largest absolute Gasteiger partial charge is 0.480 e. The molecular formula is C70H88Cl4N10O7S2. The number of aliphatic imine (C=N–C) groups is 2. The van der Waals surface area contributed by atoms with Crippen molar-refractivity contribution in [2.45, 2.75) is 154 Å². The van der Waals surface area contributed by atoms with E-state index in [0.29, 0.717) is 74.8 Å². The van der Waals surface area contributed by atoms with Gasteiger partial charge in [-0.25, -0.2) is 14.8 Å². The highest BCUT2D eigenvalue weighted by Gasteiger charge is 2.57. The number of hydrogen-bond donors (Lipinski definition) is 4. The first-order chi connectivity index (χ1) is 44.3. The van der Waals surface area contributed by atoms with Crippen molar-refractivity contribution in [1.82, 2.24) is 39.6 Å². The number of β-amino-alcohol motifs (C(OH)–C–C–N with tert-alkyl or cyclic N) is 2. The number of rotatable bonds is 14. The number of allylic oxidation sites excluding steroid dienone is 2. The van der Waals surface area contributed by atoms with Crippen molar-refractivity contribution >= 4 is 104 Å². The maximum atomic E-state index is 14.7. The molecule has 0 aliphatic carbocycles. The van der Waals surface area contributed by atoms with E-state index in [2.05, 4.69) is 87.2 Å². The topological polar surface area (TPSA) is 188 Å². The Morgan fingerprint density at radius 2 is 0.957 bits per heavy atom. The fourth-order valence-corrected chi connectivity index (χ4v) is 17.9. The highest BCUT2D eigenvalue weighted by atomic mass is 35.5. The number of aliphatic carboxylic acids is 1. The van der Waals surface area contributed by atoms with E-state index in [1.807, 2.05) is 114 Å². The zero-order valence-electron chi connectivity index (χ0n) is 54.7. The molecule has 500 valence electrons. The number of aliphatic hydroxyl groups excluding tert-OH is 2. The predicted octanol–water partition coefficient (Wildman–Crippen LogP) is 12.1. The minimum Gasteiger partial charge on any atom is -0.480 e. The van der Waals surface area contributed by atoms with Crippen molar-refractivity contribution in [3.63, 3.8) is 0 Å². The fourth-order valence-electron chi connectivity index (χ4n) is 14.7. The van der Waals surface area contributed by atoms with Gasteiger partial charge in [-0.2, -0.15) is 0 Å². The number of carboxylic acids is 1. The number of halogens is 4. The van der Waals surface area contributed by atoms with Crippen LogP contribution in [0.25, 0.3) is 0 Å². The number of nitrogens with zero attached hydrogens (tertiary/aromatic N) is 9. The summed E-state index contributed by atoms with van der Waals surface area (Å²) in [6.07, 6.45) is 2.57. The van der Waals surface area contributed by atoms with Gasteiger partial charge in [0.2, 0.25) is 5.91 Å². The van der Waals surface area contributed by atoms with Gasteiger partial charge in [-0.1, -0.05) is 123 Å². The zero-order chi connectivity index (χ0) is 67.0. The lowest BCUT2D eigenvalue weighted by molar-refractivity contribution is -0.147. The van der Waals surface area contributed by atoms with Gasteiger partial charge in [-0.05, 0) is 173 Å². The number of benzene rings is 4. The SMILES string of the molecule is CC(C)C1=C(C(=O)N2[C@H](C)CC[C@H]2C(=O)N2CCN(CCO)[C@H](C)C2)SC2=N[C@@](C)(c3ccc(Cl)cc3)[C@@H](c3ccc(Cl)cc3)N21.CC(C)C1=C(C(=O)N2[C@H](C)CC[C@H]2C(=O)O)SC2=N[C@@](C)(c3ccc(Cl)cc3)[C@@H](c3ccc(Cl)cc3)N21.C[C@@H]1CNCCN1CCO. The Kier molecular flexibility index (Phi) is 22.5. The van der Waals surface area contributed by atoms with E-state index < -0.39 is 29.1 Å². The summed E-state index contributed by atoms with van der Waals surface area (Å²) < 4.78 is 0. The second kappa shape index (κ2) is 29.7. The first-order valence-corrected chi connectivity index (χ1v) is 35.7. The van der Waals surface area contributed by atoms with Crippen molar-refractivity contribution in [2.24, 2.45) is 21.8 Å². The number of hydrogen-bond acceptors (Lipinski definition) is 15. The van der Waals surface area contributed by atoms with Crippen LogP contribution in [0.5, 0.6) is 0 Å². The van der Waals surface area contributed by atoms with E-state index in [1.165, 1.54) is 23.5 Å². The highest BCUT2D eigenvalue weighted by molar-refractivity contribution is 8.18. The average Bonchev–Trinajstić information content (AvgIpc) is 1.57. The van der Waals surface area contributed by atoms with Crippen LogP contribution in [0.4, 0.5) is 0 Å². The van der Waals surface area contributed by atoms with E-state index >= 15 is 0 Å². The lowest BCUT2D eigenvalue weighted by atomic mass is 9.81. The Labute approximate surface area is 576 Å². The Morgan fingerprint density at radius 1 is 0.559 bits per heavy atom. The third-order valence-electron chi connectivity index (χ3n) is 19.6. The van der Waals surface area contributed by atoms with Crippen LogP contribution in [0, 0.1) is 11.8 Å². The lowest BCUT2D eigenvalue weighted by Gasteiger charge is -2.41. The molecule has 3 amide bonds. The Balaban J connectivity index is 0.000000180. The molecule has 8 aliphatic rings. The van der Waals surface area contributed by atoms with E-state index in [9.17, 15) is 29.4 Å². The molecule has 4 fully saturated rings. The predicted molar refractivity (Wildman–Crippen MR) is 375 cm³/mol. The maximum Gasteiger partial charge on any atom is 0.326 e. The van der Waals surface area contributed by atoms with Gasteiger partial charge in [0, 0.05) is 108 Å². The normalized spacial score (nSPS) is 28.0. The molecule has 12 rings (SSSR count). The lowest BCUT2D eigenvalue weighted by Crippen LogP contribution is -2.58. The number of likely N-dealkylation sites (tertiary alicyclic amines) is 2. The fraction of sp³-hybridized carbons (Fsp3) is 0.514. The summed E-state index contributed by atoms with van der Waals surface area (Å²) in [5.74, 6) is -1.23. The number of amidine groups is 2. The first-order valence-electron chi connectivity index (χ1n) is 32.5. The molecule has 0 saturated carbocycles. The van der Waals surface area contributed by atoms with Gasteiger partial charge in [-0.3, -0.25) is 24.2 Å². The summed E-state index contributed by atoms with van der Waals surface area (Å²) in [4.78, 5) is 80.6. The summed E-state index contributed by atoms with van der Waals surface area (Å²) in [5.41, 5.74) is 4.61. The van der Waals surface area contributed by atoms with Crippen LogP contribution in [-0.4, -0.2) is 185 Å². The summed E-state index contributed by atoms with van der Waals surface area (Å²) in [6, 6.07) is 30.0. The molecule has 0 radical (unpaired) electrons. The Hall–Kier alpha value is -5.16. The van der Waals surface area contributed by atoms with Crippen molar-refractivity contribution in [2.75, 3.05) is 65.6 Å². The summed E-state index contributed by atoms with van der Waals surface area (Å²) in [7, 11) is 0.